The van der Waals surface area contributed by atoms with Crippen molar-refractivity contribution in [2.75, 3.05) is 32.1 Å². The van der Waals surface area contributed by atoms with Crippen molar-refractivity contribution < 1.29 is 60.8 Å². The summed E-state index contributed by atoms with van der Waals surface area (Å²) >= 11 is 8.92. The van der Waals surface area contributed by atoms with Crippen LogP contribution < -0.4 is 21.1 Å². The highest BCUT2D eigenvalue weighted by Crippen LogP contribution is 2.38. The molecule has 0 radical (unpaired) electrons. The largest absolute Gasteiger partial charge is 0.492 e. The van der Waals surface area contributed by atoms with Gasteiger partial charge in [0.15, 0.2) is 0 Å². The molecule has 2 aromatic heterocycles. The molecule has 58 heavy (non-hydrogen) atoms. The van der Waals surface area contributed by atoms with Gasteiger partial charge in [-0.15, -0.1) is 11.3 Å². The number of carbonyl (C=O) groups is 3. The molecular weight excluding hydrogens is 844 g/mol. The van der Waals surface area contributed by atoms with E-state index in [0.717, 1.165) is 16.3 Å². The van der Waals surface area contributed by atoms with Gasteiger partial charge in [-0.25, -0.2) is 19.6 Å². The molecule has 0 aliphatic rings. The quantitative estimate of drug-likeness (QED) is 0.0399. The van der Waals surface area contributed by atoms with Crippen molar-refractivity contribution in [2.24, 2.45) is 5.73 Å². The number of pyridine rings is 1. The Labute approximate surface area is 339 Å². The number of hydrogen-bond donors (Lipinski definition) is 6. The molecule has 14 nitrogen and oxygen atoms in total. The number of nitrogens with one attached hydrogen (secondary N) is 2. The van der Waals surface area contributed by atoms with Gasteiger partial charge in [0.05, 0.1) is 11.3 Å². The van der Waals surface area contributed by atoms with Crippen LogP contribution in [0.25, 0.3) is 21.7 Å². The van der Waals surface area contributed by atoms with Crippen LogP contribution >= 0.6 is 34.7 Å². The summed E-state index contributed by atoms with van der Waals surface area (Å²) in [5.74, 6) is -5.01. The van der Waals surface area contributed by atoms with Crippen molar-refractivity contribution in [2.45, 2.75) is 42.0 Å². The molecular formula is C35H32ClF6N7O7S2. The molecule has 0 aliphatic heterocycles. The van der Waals surface area contributed by atoms with Crippen molar-refractivity contribution in [3.05, 3.63) is 75.8 Å². The topological polar surface area (TPSA) is 245 Å². The third-order valence-electron chi connectivity index (χ3n) is 7.01. The van der Waals surface area contributed by atoms with Crippen molar-refractivity contribution in [1.29, 1.82) is 10.5 Å². The fourth-order valence-corrected chi connectivity index (χ4v) is 6.28. The second kappa shape index (κ2) is 22.9. The van der Waals surface area contributed by atoms with Gasteiger partial charge < -0.3 is 36.4 Å². The van der Waals surface area contributed by atoms with Crippen LogP contribution in [-0.4, -0.2) is 88.3 Å². The third kappa shape index (κ3) is 15.4. The zero-order chi connectivity index (χ0) is 43.6. The second-order valence-electron chi connectivity index (χ2n) is 11.1. The second-order valence-corrected chi connectivity index (χ2v) is 13.3. The highest BCUT2D eigenvalue weighted by atomic mass is 35.5. The lowest BCUT2D eigenvalue weighted by molar-refractivity contribution is -0.193. The minimum Gasteiger partial charge on any atom is -0.492 e. The van der Waals surface area contributed by atoms with E-state index in [0.29, 0.717) is 70.0 Å². The standard InChI is InChI=1S/C31H30ClN7O3S2.2C2HF3O2/c1-36-28-24(15-34)27(19-6-10-23(11-7-19)42-14-13-37-26(31(40)41)3-2-12-33)25(16-35)30(39-28)44-18-22-17-43-29(38-22)20-4-8-21(32)9-5-20;2*3-2(4,5)1(6)7/h4-11,17,26,37H,2-3,12-14,18,33H2,1H3,(H,36,39)(H,40,41);2*(H,6,7)/t26-;;/m0../s1. The van der Waals surface area contributed by atoms with E-state index in [2.05, 4.69) is 27.8 Å². The molecule has 7 N–H and O–H groups in total. The van der Waals surface area contributed by atoms with E-state index in [1.54, 1.807) is 31.3 Å². The van der Waals surface area contributed by atoms with Crippen LogP contribution in [0.15, 0.2) is 58.9 Å². The van der Waals surface area contributed by atoms with Crippen molar-refractivity contribution in [3.63, 3.8) is 0 Å². The predicted molar refractivity (Wildman–Crippen MR) is 201 cm³/mol. The monoisotopic (exact) mass is 875 g/mol. The summed E-state index contributed by atoms with van der Waals surface area (Å²) in [6.07, 6.45) is -9.11. The zero-order valence-corrected chi connectivity index (χ0v) is 32.2. The Kier molecular flexibility index (Phi) is 19.2. The molecule has 2 heterocycles. The highest BCUT2D eigenvalue weighted by molar-refractivity contribution is 7.98. The molecule has 310 valence electrons. The van der Waals surface area contributed by atoms with E-state index in [1.165, 1.54) is 23.1 Å². The smallest absolute Gasteiger partial charge is 0.490 e. The van der Waals surface area contributed by atoms with E-state index in [9.17, 15) is 46.8 Å². The predicted octanol–water partition coefficient (Wildman–Crippen LogP) is 7.03. The van der Waals surface area contributed by atoms with Crippen LogP contribution in [0.3, 0.4) is 0 Å². The van der Waals surface area contributed by atoms with Crippen molar-refractivity contribution in [1.82, 2.24) is 15.3 Å². The van der Waals surface area contributed by atoms with Gasteiger partial charge in [-0.3, -0.25) is 4.79 Å². The first-order valence-corrected chi connectivity index (χ1v) is 18.4. The summed E-state index contributed by atoms with van der Waals surface area (Å²) in [6.45, 7) is 1.03. The van der Waals surface area contributed by atoms with E-state index >= 15 is 0 Å². The van der Waals surface area contributed by atoms with Crippen LogP contribution in [0, 0.1) is 22.7 Å². The van der Waals surface area contributed by atoms with Gasteiger partial charge in [0.1, 0.15) is 52.0 Å². The summed E-state index contributed by atoms with van der Waals surface area (Å²) in [7, 11) is 1.68. The molecule has 0 spiro atoms. The van der Waals surface area contributed by atoms with Crippen molar-refractivity contribution >= 4 is 58.4 Å². The number of nitriles is 2. The Bertz CT molecular complexity index is 2070. The van der Waals surface area contributed by atoms with Gasteiger partial charge >= 0.3 is 30.3 Å². The molecule has 4 rings (SSSR count). The lowest BCUT2D eigenvalue weighted by Crippen LogP contribution is -2.39. The van der Waals surface area contributed by atoms with E-state index in [1.807, 2.05) is 29.6 Å². The number of aliphatic carboxylic acids is 3. The zero-order valence-electron chi connectivity index (χ0n) is 29.8. The number of alkyl halides is 6. The van der Waals surface area contributed by atoms with Gasteiger partial charge in [0, 0.05) is 40.9 Å². The van der Waals surface area contributed by atoms with Crippen molar-refractivity contribution in [3.8, 4) is 39.6 Å². The Hall–Kier alpha value is -5.65. The van der Waals surface area contributed by atoms with E-state index in [-0.39, 0.29) is 12.2 Å². The fourth-order valence-electron chi connectivity index (χ4n) is 4.35. The first kappa shape index (κ1) is 48.5. The number of thiazole rings is 1. The number of ether oxygens (including phenoxy) is 1. The SMILES string of the molecule is CNc1nc(SCc2csc(-c3ccc(Cl)cc3)n2)c(C#N)c(-c2ccc(OCCN[C@@H](CCCN)C(=O)O)cc2)c1C#N.O=C(O)C(F)(F)F.O=C(O)C(F)(F)F. The number of rotatable bonds is 15. The number of hydrogen-bond acceptors (Lipinski definition) is 13. The molecule has 0 unspecified atom stereocenters. The maximum absolute atomic E-state index is 11.4. The summed E-state index contributed by atoms with van der Waals surface area (Å²) in [5.41, 5.74) is 9.02. The molecule has 0 aliphatic carbocycles. The Balaban J connectivity index is 0.000000707. The Morgan fingerprint density at radius 2 is 1.48 bits per heavy atom. The normalized spacial score (nSPS) is 11.4. The number of nitrogens with two attached hydrogens (primary N) is 1. The number of carboxylic acids is 3. The average Bonchev–Trinajstić information content (AvgIpc) is 3.65. The fraction of sp³-hybridized carbons (Fsp3) is 0.286. The number of nitrogens with zero attached hydrogens (tertiary/aromatic N) is 4. The van der Waals surface area contributed by atoms with Crippen LogP contribution in [0.2, 0.25) is 5.02 Å². The van der Waals surface area contributed by atoms with E-state index in [4.69, 9.17) is 46.9 Å². The maximum atomic E-state index is 11.4. The van der Waals surface area contributed by atoms with Gasteiger partial charge in [0.25, 0.3) is 0 Å². The van der Waals surface area contributed by atoms with Gasteiger partial charge in [0.2, 0.25) is 0 Å². The average molecular weight is 876 g/mol. The molecule has 0 amide bonds. The van der Waals surface area contributed by atoms with E-state index < -0.39 is 36.3 Å². The molecule has 0 saturated carbocycles. The summed E-state index contributed by atoms with van der Waals surface area (Å²) in [5, 5.41) is 53.8. The molecule has 0 fully saturated rings. The third-order valence-corrected chi connectivity index (χ3v) is 9.21. The van der Waals surface area contributed by atoms with Crippen LogP contribution in [0.5, 0.6) is 5.75 Å². The number of anilines is 1. The summed E-state index contributed by atoms with van der Waals surface area (Å²) < 4.78 is 69.3. The Morgan fingerprint density at radius 1 is 0.931 bits per heavy atom. The lowest BCUT2D eigenvalue weighted by atomic mass is 9.96. The summed E-state index contributed by atoms with van der Waals surface area (Å²) in [6, 6.07) is 18.4. The van der Waals surface area contributed by atoms with Crippen LogP contribution in [-0.2, 0) is 20.1 Å². The molecule has 23 heteroatoms. The van der Waals surface area contributed by atoms with Crippen LogP contribution in [0.4, 0.5) is 32.2 Å². The molecule has 4 aromatic rings. The number of halogens is 7. The van der Waals surface area contributed by atoms with Crippen LogP contribution in [0.1, 0.15) is 29.7 Å². The highest BCUT2D eigenvalue weighted by Gasteiger charge is 2.39. The van der Waals surface area contributed by atoms with Gasteiger partial charge in [-0.1, -0.05) is 47.6 Å². The first-order valence-electron chi connectivity index (χ1n) is 16.2. The number of thioether (sulfide) groups is 1. The van der Waals surface area contributed by atoms with Gasteiger partial charge in [-0.2, -0.15) is 36.9 Å². The molecule has 1 atom stereocenters. The summed E-state index contributed by atoms with van der Waals surface area (Å²) in [4.78, 5) is 38.5. The molecule has 0 bridgehead atoms. The minimum absolute atomic E-state index is 0.259. The minimum atomic E-state index is -5.08. The van der Waals surface area contributed by atoms with Gasteiger partial charge in [-0.05, 0) is 49.2 Å². The number of aromatic nitrogens is 2. The lowest BCUT2D eigenvalue weighted by Gasteiger charge is -2.16. The molecule has 0 saturated heterocycles. The Morgan fingerprint density at radius 3 is 1.97 bits per heavy atom. The number of carboxylic acid groups (broad SMARTS) is 3. The molecule has 2 aromatic carbocycles. The first-order chi connectivity index (χ1) is 27.3. The number of benzene rings is 2. The maximum Gasteiger partial charge on any atom is 0.490 e.